The number of aryl methyl sites for hydroxylation is 1. The Labute approximate surface area is 103 Å². The second-order valence-corrected chi connectivity index (χ2v) is 3.73. The molecule has 0 aliphatic heterocycles. The number of aromatic nitrogens is 3. The standard InChI is InChI=1S/C11H13FN4O2/c1-16-10(13)7(5-15-16)9(17)6-3-4-14-11(18-2)8(6)12/h3-5,9,17H,13H2,1-2H3. The number of nitrogens with zero attached hydrogens (tertiary/aromatic N) is 3. The summed E-state index contributed by atoms with van der Waals surface area (Å²) >= 11 is 0. The smallest absolute Gasteiger partial charge is 0.250 e. The summed E-state index contributed by atoms with van der Waals surface area (Å²) in [7, 11) is 2.94. The second kappa shape index (κ2) is 4.61. The van der Waals surface area contributed by atoms with Crippen molar-refractivity contribution >= 4 is 5.82 Å². The summed E-state index contributed by atoms with van der Waals surface area (Å²) in [4.78, 5) is 3.70. The molecule has 2 rings (SSSR count). The van der Waals surface area contributed by atoms with Crippen molar-refractivity contribution in [2.75, 3.05) is 12.8 Å². The number of aliphatic hydroxyl groups excluding tert-OH is 1. The van der Waals surface area contributed by atoms with Crippen LogP contribution < -0.4 is 10.5 Å². The third-order valence-corrected chi connectivity index (χ3v) is 2.68. The third-order valence-electron chi connectivity index (χ3n) is 2.68. The number of hydrogen-bond acceptors (Lipinski definition) is 5. The van der Waals surface area contributed by atoms with E-state index in [0.717, 1.165) is 0 Å². The van der Waals surface area contributed by atoms with Gasteiger partial charge in [-0.15, -0.1) is 0 Å². The fraction of sp³-hybridized carbons (Fsp3) is 0.273. The van der Waals surface area contributed by atoms with E-state index in [2.05, 4.69) is 10.1 Å². The van der Waals surface area contributed by atoms with Crippen molar-refractivity contribution in [2.45, 2.75) is 6.10 Å². The van der Waals surface area contributed by atoms with Crippen molar-refractivity contribution in [3.8, 4) is 5.88 Å². The van der Waals surface area contributed by atoms with Crippen LogP contribution in [0.25, 0.3) is 0 Å². The minimum atomic E-state index is -1.21. The highest BCUT2D eigenvalue weighted by molar-refractivity contribution is 5.45. The van der Waals surface area contributed by atoms with Crippen LogP contribution in [-0.2, 0) is 7.05 Å². The van der Waals surface area contributed by atoms with Crippen molar-refractivity contribution in [2.24, 2.45) is 7.05 Å². The van der Waals surface area contributed by atoms with Gasteiger partial charge in [-0.05, 0) is 6.07 Å². The average molecular weight is 252 g/mol. The van der Waals surface area contributed by atoms with Gasteiger partial charge in [0.15, 0.2) is 5.82 Å². The summed E-state index contributed by atoms with van der Waals surface area (Å²) in [6.07, 6.45) is 1.54. The highest BCUT2D eigenvalue weighted by Gasteiger charge is 2.22. The zero-order chi connectivity index (χ0) is 13.3. The molecular formula is C11H13FN4O2. The minimum Gasteiger partial charge on any atom is -0.479 e. The molecule has 1 unspecified atom stereocenters. The van der Waals surface area contributed by atoms with Crippen LogP contribution in [-0.4, -0.2) is 27.0 Å². The molecule has 2 aromatic rings. The highest BCUT2D eigenvalue weighted by Crippen LogP contribution is 2.30. The van der Waals surface area contributed by atoms with Crippen LogP contribution in [0.15, 0.2) is 18.5 Å². The SMILES string of the molecule is COc1nccc(C(O)c2cnn(C)c2N)c1F. The van der Waals surface area contributed by atoms with Crippen LogP contribution >= 0.6 is 0 Å². The Morgan fingerprint density at radius 3 is 2.78 bits per heavy atom. The molecule has 0 aliphatic rings. The highest BCUT2D eigenvalue weighted by atomic mass is 19.1. The van der Waals surface area contributed by atoms with Gasteiger partial charge in [-0.1, -0.05) is 0 Å². The predicted octanol–water partition coefficient (Wildman–Crippen LogP) is 0.627. The molecule has 2 heterocycles. The fourth-order valence-corrected chi connectivity index (χ4v) is 1.63. The maximum atomic E-state index is 13.9. The summed E-state index contributed by atoms with van der Waals surface area (Å²) in [6, 6.07) is 1.37. The summed E-state index contributed by atoms with van der Waals surface area (Å²) < 4.78 is 20.1. The van der Waals surface area contributed by atoms with Crippen LogP contribution in [0.5, 0.6) is 5.88 Å². The number of ether oxygens (including phenoxy) is 1. The molecule has 0 saturated carbocycles. The number of halogens is 1. The van der Waals surface area contributed by atoms with Crippen LogP contribution in [0.2, 0.25) is 0 Å². The molecule has 2 aromatic heterocycles. The molecule has 0 spiro atoms. The molecule has 3 N–H and O–H groups in total. The molecule has 0 amide bonds. The Balaban J connectivity index is 2.46. The first-order valence-electron chi connectivity index (χ1n) is 5.20. The van der Waals surface area contributed by atoms with Crippen molar-refractivity contribution in [3.63, 3.8) is 0 Å². The Bertz CT molecular complexity index is 570. The third kappa shape index (κ3) is 1.88. The molecule has 7 heteroatoms. The van der Waals surface area contributed by atoms with Crippen LogP contribution in [0.1, 0.15) is 17.2 Å². The van der Waals surface area contributed by atoms with E-state index < -0.39 is 11.9 Å². The molecule has 18 heavy (non-hydrogen) atoms. The number of aliphatic hydroxyl groups is 1. The van der Waals surface area contributed by atoms with E-state index in [9.17, 15) is 9.50 Å². The molecule has 0 radical (unpaired) electrons. The monoisotopic (exact) mass is 252 g/mol. The first-order chi connectivity index (χ1) is 8.56. The first-order valence-corrected chi connectivity index (χ1v) is 5.20. The fourth-order valence-electron chi connectivity index (χ4n) is 1.63. The predicted molar refractivity (Wildman–Crippen MR) is 62.4 cm³/mol. The Morgan fingerprint density at radius 1 is 1.50 bits per heavy atom. The van der Waals surface area contributed by atoms with Crippen molar-refractivity contribution in [1.82, 2.24) is 14.8 Å². The van der Waals surface area contributed by atoms with Gasteiger partial charge in [0.2, 0.25) is 5.88 Å². The van der Waals surface area contributed by atoms with Gasteiger partial charge in [0, 0.05) is 24.4 Å². The Kier molecular flexibility index (Phi) is 3.15. The van der Waals surface area contributed by atoms with Crippen molar-refractivity contribution in [1.29, 1.82) is 0 Å². The van der Waals surface area contributed by atoms with E-state index in [1.165, 1.54) is 30.3 Å². The van der Waals surface area contributed by atoms with Gasteiger partial charge in [-0.25, -0.2) is 9.37 Å². The average Bonchev–Trinajstić information content (AvgIpc) is 2.70. The van der Waals surface area contributed by atoms with E-state index in [0.29, 0.717) is 5.56 Å². The maximum absolute atomic E-state index is 13.9. The molecule has 96 valence electrons. The van der Waals surface area contributed by atoms with Gasteiger partial charge in [0.05, 0.1) is 13.3 Å². The summed E-state index contributed by atoms with van der Waals surface area (Å²) in [6.45, 7) is 0. The molecule has 0 saturated heterocycles. The second-order valence-electron chi connectivity index (χ2n) is 3.73. The van der Waals surface area contributed by atoms with Crippen LogP contribution in [0.3, 0.4) is 0 Å². The van der Waals surface area contributed by atoms with Gasteiger partial charge in [0.1, 0.15) is 11.9 Å². The lowest BCUT2D eigenvalue weighted by molar-refractivity contribution is 0.213. The lowest BCUT2D eigenvalue weighted by Crippen LogP contribution is -2.07. The zero-order valence-corrected chi connectivity index (χ0v) is 9.96. The summed E-state index contributed by atoms with van der Waals surface area (Å²) in [5, 5.41) is 14.0. The number of anilines is 1. The first kappa shape index (κ1) is 12.3. The van der Waals surface area contributed by atoms with Crippen LogP contribution in [0.4, 0.5) is 10.2 Å². The van der Waals surface area contributed by atoms with Crippen molar-refractivity contribution < 1.29 is 14.2 Å². The Hall–Kier alpha value is -2.15. The number of nitrogens with two attached hydrogens (primary N) is 1. The number of methoxy groups -OCH3 is 1. The number of nitrogen functional groups attached to an aromatic ring is 1. The summed E-state index contributed by atoms with van der Waals surface area (Å²) in [5.41, 5.74) is 6.11. The van der Waals surface area contributed by atoms with E-state index in [1.807, 2.05) is 0 Å². The molecular weight excluding hydrogens is 239 g/mol. The lowest BCUT2D eigenvalue weighted by Gasteiger charge is -2.12. The van der Waals surface area contributed by atoms with E-state index >= 15 is 0 Å². The van der Waals surface area contributed by atoms with Gasteiger partial charge >= 0.3 is 0 Å². The van der Waals surface area contributed by atoms with Gasteiger partial charge in [-0.2, -0.15) is 5.10 Å². The Morgan fingerprint density at radius 2 is 2.22 bits per heavy atom. The van der Waals surface area contributed by atoms with Crippen molar-refractivity contribution in [3.05, 3.63) is 35.4 Å². The quantitative estimate of drug-likeness (QED) is 0.836. The maximum Gasteiger partial charge on any atom is 0.250 e. The summed E-state index contributed by atoms with van der Waals surface area (Å²) in [5.74, 6) is -0.609. The number of rotatable bonds is 3. The topological polar surface area (TPSA) is 86.2 Å². The normalized spacial score (nSPS) is 12.4. The molecule has 0 aromatic carbocycles. The molecule has 0 fully saturated rings. The molecule has 0 bridgehead atoms. The largest absolute Gasteiger partial charge is 0.479 e. The number of pyridine rings is 1. The van der Waals surface area contributed by atoms with E-state index in [1.54, 1.807) is 7.05 Å². The molecule has 1 atom stereocenters. The number of hydrogen-bond donors (Lipinski definition) is 2. The minimum absolute atomic E-state index is 0.0431. The van der Waals surface area contributed by atoms with Gasteiger partial charge < -0.3 is 15.6 Å². The van der Waals surface area contributed by atoms with Gasteiger partial charge in [-0.3, -0.25) is 4.68 Å². The van der Waals surface area contributed by atoms with E-state index in [-0.39, 0.29) is 17.3 Å². The lowest BCUT2D eigenvalue weighted by atomic mass is 10.0. The molecule has 0 aliphatic carbocycles. The van der Waals surface area contributed by atoms with Gasteiger partial charge in [0.25, 0.3) is 0 Å². The molecule has 6 nitrogen and oxygen atoms in total. The van der Waals surface area contributed by atoms with Crippen LogP contribution in [0, 0.1) is 5.82 Å². The zero-order valence-electron chi connectivity index (χ0n) is 9.96. The van der Waals surface area contributed by atoms with E-state index in [4.69, 9.17) is 10.5 Å².